The number of pyridine rings is 1. The lowest BCUT2D eigenvalue weighted by Crippen LogP contribution is -2.46. The van der Waals surface area contributed by atoms with E-state index in [0.717, 1.165) is 12.8 Å². The van der Waals surface area contributed by atoms with Gasteiger partial charge in [0.25, 0.3) is 11.8 Å². The molecule has 1 fully saturated rings. The van der Waals surface area contributed by atoms with Crippen molar-refractivity contribution in [1.29, 1.82) is 0 Å². The molecule has 0 saturated heterocycles. The standard InChI is InChI=1S/C17H23N3O3/c1-12(20-16(22)14-7-9-18-10-8-14)15(21)17(23)19-11-13-5-3-2-4-6-13/h7-10,12-13H,2-6,11H2,1H3,(H,19,23)(H,20,22). The number of nitrogens with one attached hydrogen (secondary N) is 2. The van der Waals surface area contributed by atoms with Crippen LogP contribution in [0.15, 0.2) is 24.5 Å². The van der Waals surface area contributed by atoms with E-state index < -0.39 is 23.6 Å². The zero-order chi connectivity index (χ0) is 16.7. The summed E-state index contributed by atoms with van der Waals surface area (Å²) in [6, 6.07) is 2.24. The van der Waals surface area contributed by atoms with Crippen LogP contribution >= 0.6 is 0 Å². The van der Waals surface area contributed by atoms with E-state index in [1.54, 1.807) is 12.1 Å². The number of hydrogen-bond donors (Lipinski definition) is 2. The van der Waals surface area contributed by atoms with Crippen molar-refractivity contribution in [3.8, 4) is 0 Å². The Bertz CT molecular complexity index is 553. The number of amides is 2. The van der Waals surface area contributed by atoms with Crippen molar-refractivity contribution in [2.45, 2.75) is 45.1 Å². The fourth-order valence-corrected chi connectivity index (χ4v) is 2.76. The summed E-state index contributed by atoms with van der Waals surface area (Å²) >= 11 is 0. The minimum Gasteiger partial charge on any atom is -0.349 e. The second kappa shape index (κ2) is 8.41. The maximum Gasteiger partial charge on any atom is 0.289 e. The molecule has 1 aromatic heterocycles. The third-order valence-electron chi connectivity index (χ3n) is 4.18. The Morgan fingerprint density at radius 2 is 1.83 bits per heavy atom. The maximum absolute atomic E-state index is 12.0. The van der Waals surface area contributed by atoms with Gasteiger partial charge >= 0.3 is 0 Å². The molecule has 1 aliphatic carbocycles. The third-order valence-corrected chi connectivity index (χ3v) is 4.18. The van der Waals surface area contributed by atoms with Gasteiger partial charge in [0.2, 0.25) is 5.78 Å². The molecule has 1 heterocycles. The van der Waals surface area contributed by atoms with Gasteiger partial charge < -0.3 is 10.6 Å². The van der Waals surface area contributed by atoms with Crippen molar-refractivity contribution >= 4 is 17.6 Å². The Morgan fingerprint density at radius 3 is 2.48 bits per heavy atom. The average Bonchev–Trinajstić information content (AvgIpc) is 2.60. The van der Waals surface area contributed by atoms with Crippen LogP contribution in [-0.4, -0.2) is 35.2 Å². The molecule has 6 nitrogen and oxygen atoms in total. The number of aromatic nitrogens is 1. The van der Waals surface area contributed by atoms with Gasteiger partial charge in [0.1, 0.15) is 0 Å². The average molecular weight is 317 g/mol. The molecule has 1 atom stereocenters. The van der Waals surface area contributed by atoms with Gasteiger partial charge in [-0.2, -0.15) is 0 Å². The highest BCUT2D eigenvalue weighted by Gasteiger charge is 2.24. The fourth-order valence-electron chi connectivity index (χ4n) is 2.76. The van der Waals surface area contributed by atoms with Crippen LogP contribution in [0.5, 0.6) is 0 Å². The molecule has 0 aromatic carbocycles. The maximum atomic E-state index is 12.0. The summed E-state index contributed by atoms with van der Waals surface area (Å²) in [7, 11) is 0. The van der Waals surface area contributed by atoms with E-state index in [0.29, 0.717) is 18.0 Å². The van der Waals surface area contributed by atoms with Crippen LogP contribution in [0.4, 0.5) is 0 Å². The van der Waals surface area contributed by atoms with Crippen LogP contribution in [0.25, 0.3) is 0 Å². The fraction of sp³-hybridized carbons (Fsp3) is 0.529. The number of carbonyl (C=O) groups is 3. The summed E-state index contributed by atoms with van der Waals surface area (Å²) in [5.41, 5.74) is 0.405. The molecular formula is C17H23N3O3. The van der Waals surface area contributed by atoms with Crippen LogP contribution in [0.3, 0.4) is 0 Å². The number of rotatable bonds is 6. The van der Waals surface area contributed by atoms with Crippen LogP contribution < -0.4 is 10.6 Å². The summed E-state index contributed by atoms with van der Waals surface area (Å²) in [6.45, 7) is 2.05. The Kier molecular flexibility index (Phi) is 6.26. The van der Waals surface area contributed by atoms with E-state index >= 15 is 0 Å². The predicted molar refractivity (Wildman–Crippen MR) is 85.8 cm³/mol. The van der Waals surface area contributed by atoms with Crippen molar-refractivity contribution < 1.29 is 14.4 Å². The first-order valence-corrected chi connectivity index (χ1v) is 8.11. The molecule has 2 rings (SSSR count). The van der Waals surface area contributed by atoms with E-state index in [-0.39, 0.29) is 0 Å². The number of carbonyl (C=O) groups excluding carboxylic acids is 3. The van der Waals surface area contributed by atoms with Crippen molar-refractivity contribution in [3.05, 3.63) is 30.1 Å². The third kappa shape index (κ3) is 5.16. The lowest BCUT2D eigenvalue weighted by Gasteiger charge is -2.22. The molecule has 0 aliphatic heterocycles. The van der Waals surface area contributed by atoms with Crippen molar-refractivity contribution in [1.82, 2.24) is 15.6 Å². The molecule has 1 aromatic rings. The quantitative estimate of drug-likeness (QED) is 0.778. The van der Waals surface area contributed by atoms with E-state index in [1.165, 1.54) is 38.6 Å². The summed E-state index contributed by atoms with van der Waals surface area (Å²) < 4.78 is 0. The Labute approximate surface area is 136 Å². The van der Waals surface area contributed by atoms with Crippen LogP contribution in [0.1, 0.15) is 49.4 Å². The van der Waals surface area contributed by atoms with Gasteiger partial charge in [0.05, 0.1) is 6.04 Å². The van der Waals surface area contributed by atoms with Crippen LogP contribution in [0.2, 0.25) is 0 Å². The smallest absolute Gasteiger partial charge is 0.289 e. The molecule has 2 amide bonds. The molecule has 6 heteroatoms. The largest absolute Gasteiger partial charge is 0.349 e. The second-order valence-corrected chi connectivity index (χ2v) is 6.01. The summed E-state index contributed by atoms with van der Waals surface area (Å²) in [6.07, 6.45) is 8.82. The minimum atomic E-state index is -0.859. The van der Waals surface area contributed by atoms with Crippen molar-refractivity contribution in [2.75, 3.05) is 6.54 Å². The van der Waals surface area contributed by atoms with Gasteiger partial charge in [0.15, 0.2) is 0 Å². The molecule has 0 bridgehead atoms. The topological polar surface area (TPSA) is 88.2 Å². The van der Waals surface area contributed by atoms with Gasteiger partial charge in [-0.25, -0.2) is 0 Å². The normalized spacial score (nSPS) is 16.4. The number of Topliss-reactive ketones (excluding diaryl/α,β-unsaturated/α-hetero) is 1. The highest BCUT2D eigenvalue weighted by molar-refractivity contribution is 6.38. The monoisotopic (exact) mass is 317 g/mol. The zero-order valence-electron chi connectivity index (χ0n) is 13.4. The number of nitrogens with zero attached hydrogens (tertiary/aromatic N) is 1. The van der Waals surface area contributed by atoms with Gasteiger partial charge in [-0.3, -0.25) is 19.4 Å². The first-order valence-electron chi connectivity index (χ1n) is 8.11. The molecule has 1 unspecified atom stereocenters. The molecule has 0 radical (unpaired) electrons. The molecule has 1 saturated carbocycles. The lowest BCUT2D eigenvalue weighted by atomic mass is 9.89. The van der Waals surface area contributed by atoms with Crippen molar-refractivity contribution in [2.24, 2.45) is 5.92 Å². The first-order chi connectivity index (χ1) is 11.1. The van der Waals surface area contributed by atoms with E-state index in [9.17, 15) is 14.4 Å². The second-order valence-electron chi connectivity index (χ2n) is 6.01. The van der Waals surface area contributed by atoms with E-state index in [1.807, 2.05) is 0 Å². The van der Waals surface area contributed by atoms with Crippen LogP contribution in [0, 0.1) is 5.92 Å². The Hall–Kier alpha value is -2.24. The number of ketones is 1. The minimum absolute atomic E-state index is 0.395. The van der Waals surface area contributed by atoms with Gasteiger partial charge in [0, 0.05) is 24.5 Å². The first kappa shape index (κ1) is 17.1. The predicted octanol–water partition coefficient (Wildman–Crippen LogP) is 1.47. The molecule has 2 N–H and O–H groups in total. The highest BCUT2D eigenvalue weighted by Crippen LogP contribution is 2.22. The van der Waals surface area contributed by atoms with Crippen molar-refractivity contribution in [3.63, 3.8) is 0 Å². The van der Waals surface area contributed by atoms with Crippen LogP contribution in [-0.2, 0) is 9.59 Å². The molecule has 1 aliphatic rings. The summed E-state index contributed by atoms with van der Waals surface area (Å²) in [5, 5.41) is 5.23. The molecular weight excluding hydrogens is 294 g/mol. The van der Waals surface area contributed by atoms with E-state index in [4.69, 9.17) is 0 Å². The van der Waals surface area contributed by atoms with Gasteiger partial charge in [-0.1, -0.05) is 19.3 Å². The lowest BCUT2D eigenvalue weighted by molar-refractivity contribution is -0.138. The summed E-state index contributed by atoms with van der Waals surface area (Å²) in [5.74, 6) is -1.18. The van der Waals surface area contributed by atoms with Gasteiger partial charge in [-0.15, -0.1) is 0 Å². The van der Waals surface area contributed by atoms with E-state index in [2.05, 4.69) is 15.6 Å². The number of hydrogen-bond acceptors (Lipinski definition) is 4. The Balaban J connectivity index is 1.79. The Morgan fingerprint density at radius 1 is 1.17 bits per heavy atom. The zero-order valence-corrected chi connectivity index (χ0v) is 13.4. The van der Waals surface area contributed by atoms with Gasteiger partial charge in [-0.05, 0) is 37.8 Å². The molecule has 0 spiro atoms. The molecule has 124 valence electrons. The SMILES string of the molecule is CC(NC(=O)c1ccncc1)C(=O)C(=O)NCC1CCCCC1. The summed E-state index contributed by atoms with van der Waals surface area (Å²) in [4.78, 5) is 39.8. The molecule has 23 heavy (non-hydrogen) atoms. The highest BCUT2D eigenvalue weighted by atomic mass is 16.2.